The summed E-state index contributed by atoms with van der Waals surface area (Å²) in [7, 11) is -3.53. The lowest BCUT2D eigenvalue weighted by Gasteiger charge is -2.27. The summed E-state index contributed by atoms with van der Waals surface area (Å²) < 4.78 is 28.0. The summed E-state index contributed by atoms with van der Waals surface area (Å²) in [5, 5.41) is 11.7. The number of nitrogens with one attached hydrogen (secondary N) is 1. The van der Waals surface area contributed by atoms with Crippen molar-refractivity contribution < 1.29 is 22.7 Å². The molecule has 1 unspecified atom stereocenters. The van der Waals surface area contributed by atoms with Gasteiger partial charge in [0.1, 0.15) is 5.54 Å². The zero-order valence-electron chi connectivity index (χ0n) is 14.3. The standard InChI is InChI=1S/C16H19ClN2O5S/c1-10(2)16(3,9-18)19-14(20)8-24-15(21)12-7-11(25(4,22)23)5-6-13(12)17/h5-7,10H,8H2,1-4H3,(H,19,20). The van der Waals surface area contributed by atoms with Gasteiger partial charge < -0.3 is 10.1 Å². The van der Waals surface area contributed by atoms with Crippen LogP contribution in [0, 0.1) is 17.2 Å². The molecule has 1 aromatic rings. The largest absolute Gasteiger partial charge is 0.452 e. The molecule has 1 rings (SSSR count). The number of carbonyl (C=O) groups is 2. The number of nitriles is 1. The minimum absolute atomic E-state index is 0.00171. The topological polar surface area (TPSA) is 113 Å². The fraction of sp³-hybridized carbons (Fsp3) is 0.438. The van der Waals surface area contributed by atoms with Gasteiger partial charge in [0, 0.05) is 6.26 Å². The van der Waals surface area contributed by atoms with E-state index in [0.29, 0.717) is 0 Å². The van der Waals surface area contributed by atoms with Crippen LogP contribution in [0.2, 0.25) is 5.02 Å². The highest BCUT2D eigenvalue weighted by molar-refractivity contribution is 7.90. The SMILES string of the molecule is CC(C)C(C)(C#N)NC(=O)COC(=O)c1cc(S(C)(=O)=O)ccc1Cl. The van der Waals surface area contributed by atoms with E-state index in [1.54, 1.807) is 20.8 Å². The van der Waals surface area contributed by atoms with Crippen LogP contribution in [-0.4, -0.2) is 38.7 Å². The molecule has 0 saturated carbocycles. The number of nitrogens with zero attached hydrogens (tertiary/aromatic N) is 1. The number of hydrogen-bond donors (Lipinski definition) is 1. The highest BCUT2D eigenvalue weighted by Gasteiger charge is 2.30. The zero-order valence-corrected chi connectivity index (χ0v) is 15.9. The van der Waals surface area contributed by atoms with Gasteiger partial charge in [0.15, 0.2) is 16.4 Å². The molecule has 1 N–H and O–H groups in total. The number of benzene rings is 1. The highest BCUT2D eigenvalue weighted by Crippen LogP contribution is 2.21. The fourth-order valence-corrected chi connectivity index (χ4v) is 2.57. The van der Waals surface area contributed by atoms with E-state index in [9.17, 15) is 18.0 Å². The third-order valence-corrected chi connectivity index (χ3v) is 5.15. The lowest BCUT2D eigenvalue weighted by atomic mass is 9.90. The minimum atomic E-state index is -3.53. The third kappa shape index (κ3) is 5.44. The van der Waals surface area contributed by atoms with Crippen molar-refractivity contribution in [2.45, 2.75) is 31.2 Å². The maximum Gasteiger partial charge on any atom is 0.340 e. The Kier molecular flexibility index (Phi) is 6.57. The van der Waals surface area contributed by atoms with E-state index in [1.165, 1.54) is 12.1 Å². The molecule has 0 fully saturated rings. The van der Waals surface area contributed by atoms with Crippen LogP contribution >= 0.6 is 11.6 Å². The number of sulfone groups is 1. The van der Waals surface area contributed by atoms with Gasteiger partial charge in [-0.1, -0.05) is 25.4 Å². The lowest BCUT2D eigenvalue weighted by molar-refractivity contribution is -0.125. The van der Waals surface area contributed by atoms with Crippen LogP contribution in [0.4, 0.5) is 0 Å². The van der Waals surface area contributed by atoms with Crippen LogP contribution in [-0.2, 0) is 19.4 Å². The predicted molar refractivity (Wildman–Crippen MR) is 91.8 cm³/mol. The van der Waals surface area contributed by atoms with E-state index in [-0.39, 0.29) is 21.4 Å². The molecule has 0 heterocycles. The Morgan fingerprint density at radius 1 is 1.40 bits per heavy atom. The number of carbonyl (C=O) groups excluding carboxylic acids is 2. The molecule has 0 aliphatic carbocycles. The molecule has 1 aromatic carbocycles. The Balaban J connectivity index is 2.85. The van der Waals surface area contributed by atoms with Crippen LogP contribution in [0.3, 0.4) is 0 Å². The number of rotatable bonds is 6. The molecule has 0 aromatic heterocycles. The summed E-state index contributed by atoms with van der Waals surface area (Å²) in [6, 6.07) is 5.62. The summed E-state index contributed by atoms with van der Waals surface area (Å²) in [6.45, 7) is 4.48. The normalized spacial score (nSPS) is 13.6. The van der Waals surface area contributed by atoms with E-state index >= 15 is 0 Å². The average molecular weight is 387 g/mol. The van der Waals surface area contributed by atoms with Crippen molar-refractivity contribution in [3.05, 3.63) is 28.8 Å². The first-order valence-electron chi connectivity index (χ1n) is 7.29. The van der Waals surface area contributed by atoms with E-state index < -0.39 is 33.9 Å². The molecule has 1 atom stereocenters. The molecule has 0 radical (unpaired) electrons. The Hall–Kier alpha value is -2.11. The Labute approximate surface area is 151 Å². The van der Waals surface area contributed by atoms with Crippen molar-refractivity contribution in [3.63, 3.8) is 0 Å². The summed E-state index contributed by atoms with van der Waals surface area (Å²) in [4.78, 5) is 23.9. The van der Waals surface area contributed by atoms with Gasteiger partial charge in [-0.3, -0.25) is 4.79 Å². The molecule has 9 heteroatoms. The number of ether oxygens (including phenoxy) is 1. The summed E-state index contributed by atoms with van der Waals surface area (Å²) >= 11 is 5.89. The van der Waals surface area contributed by atoms with Gasteiger partial charge in [-0.2, -0.15) is 5.26 Å². The van der Waals surface area contributed by atoms with E-state index in [2.05, 4.69) is 5.32 Å². The molecular weight excluding hydrogens is 368 g/mol. The number of halogens is 1. The smallest absolute Gasteiger partial charge is 0.340 e. The van der Waals surface area contributed by atoms with Crippen LogP contribution in [0.1, 0.15) is 31.1 Å². The number of amides is 1. The van der Waals surface area contributed by atoms with Crippen molar-refractivity contribution in [3.8, 4) is 6.07 Å². The van der Waals surface area contributed by atoms with Gasteiger partial charge >= 0.3 is 5.97 Å². The fourth-order valence-electron chi connectivity index (χ4n) is 1.73. The van der Waals surface area contributed by atoms with E-state index in [1.807, 2.05) is 6.07 Å². The second kappa shape index (κ2) is 7.85. The molecule has 0 aliphatic heterocycles. The minimum Gasteiger partial charge on any atom is -0.452 e. The monoisotopic (exact) mass is 386 g/mol. The molecule has 0 aliphatic rings. The van der Waals surface area contributed by atoms with Gasteiger partial charge in [-0.25, -0.2) is 13.2 Å². The Morgan fingerprint density at radius 3 is 2.48 bits per heavy atom. The van der Waals surface area contributed by atoms with Crippen molar-refractivity contribution in [2.75, 3.05) is 12.9 Å². The van der Waals surface area contributed by atoms with E-state index in [0.717, 1.165) is 12.3 Å². The first kappa shape index (κ1) is 20.9. The first-order chi connectivity index (χ1) is 11.4. The molecule has 7 nitrogen and oxygen atoms in total. The molecule has 0 spiro atoms. The average Bonchev–Trinajstić information content (AvgIpc) is 2.51. The Morgan fingerprint density at radius 2 is 2.00 bits per heavy atom. The maximum absolute atomic E-state index is 12.1. The predicted octanol–water partition coefficient (Wildman–Crippen LogP) is 1.95. The van der Waals surface area contributed by atoms with Gasteiger partial charge in [0.05, 0.1) is 21.6 Å². The lowest BCUT2D eigenvalue weighted by Crippen LogP contribution is -2.50. The highest BCUT2D eigenvalue weighted by atomic mass is 35.5. The van der Waals surface area contributed by atoms with Crippen molar-refractivity contribution in [1.29, 1.82) is 5.26 Å². The molecule has 0 saturated heterocycles. The molecule has 1 amide bonds. The van der Waals surface area contributed by atoms with E-state index in [4.69, 9.17) is 21.6 Å². The Bertz CT molecular complexity index is 829. The van der Waals surface area contributed by atoms with Gasteiger partial charge in [-0.05, 0) is 31.0 Å². The maximum atomic E-state index is 12.1. The summed E-state index contributed by atoms with van der Waals surface area (Å²) in [5.41, 5.74) is -1.26. The summed E-state index contributed by atoms with van der Waals surface area (Å²) in [5.74, 6) is -1.74. The molecule has 0 bridgehead atoms. The number of hydrogen-bond acceptors (Lipinski definition) is 6. The third-order valence-electron chi connectivity index (χ3n) is 3.71. The van der Waals surface area contributed by atoms with Crippen LogP contribution in [0.5, 0.6) is 0 Å². The second-order valence-electron chi connectivity index (χ2n) is 6.01. The van der Waals surface area contributed by atoms with Crippen LogP contribution in [0.25, 0.3) is 0 Å². The summed E-state index contributed by atoms with van der Waals surface area (Å²) in [6.07, 6.45) is 0.993. The zero-order chi connectivity index (χ0) is 19.4. The van der Waals surface area contributed by atoms with Crippen LogP contribution in [0.15, 0.2) is 23.1 Å². The quantitative estimate of drug-likeness (QED) is 0.747. The second-order valence-corrected chi connectivity index (χ2v) is 8.43. The van der Waals surface area contributed by atoms with Gasteiger partial charge in [0.2, 0.25) is 0 Å². The van der Waals surface area contributed by atoms with Gasteiger partial charge in [0.25, 0.3) is 5.91 Å². The molecular formula is C16H19ClN2O5S. The van der Waals surface area contributed by atoms with Crippen molar-refractivity contribution in [2.24, 2.45) is 5.92 Å². The molecule has 136 valence electrons. The molecule has 25 heavy (non-hydrogen) atoms. The van der Waals surface area contributed by atoms with Gasteiger partial charge in [-0.15, -0.1) is 0 Å². The van der Waals surface area contributed by atoms with Crippen molar-refractivity contribution in [1.82, 2.24) is 5.32 Å². The van der Waals surface area contributed by atoms with Crippen molar-refractivity contribution >= 4 is 33.3 Å². The van der Waals surface area contributed by atoms with Crippen LogP contribution < -0.4 is 5.32 Å². The number of esters is 1. The first-order valence-corrected chi connectivity index (χ1v) is 9.56.